The fourth-order valence-corrected chi connectivity index (χ4v) is 6.86. The van der Waals surface area contributed by atoms with Crippen molar-refractivity contribution in [3.05, 3.63) is 111 Å². The van der Waals surface area contributed by atoms with Crippen LogP contribution in [0.5, 0.6) is 0 Å². The van der Waals surface area contributed by atoms with Crippen LogP contribution in [-0.4, -0.2) is 33.9 Å². The number of aromatic nitrogens is 3. The van der Waals surface area contributed by atoms with Gasteiger partial charge in [0.1, 0.15) is 12.2 Å². The van der Waals surface area contributed by atoms with E-state index >= 15 is 0 Å². The lowest BCUT2D eigenvalue weighted by Crippen LogP contribution is -2.49. The van der Waals surface area contributed by atoms with Gasteiger partial charge in [-0.25, -0.2) is 0 Å². The first-order chi connectivity index (χ1) is 20.6. The van der Waals surface area contributed by atoms with Crippen LogP contribution in [0.15, 0.2) is 60.9 Å². The number of amides is 1. The Morgan fingerprint density at radius 1 is 1.09 bits per heavy atom. The van der Waals surface area contributed by atoms with Crippen molar-refractivity contribution in [2.24, 2.45) is 13.0 Å². The van der Waals surface area contributed by atoms with Crippen LogP contribution < -0.4 is 4.90 Å². The highest BCUT2D eigenvalue weighted by Gasteiger charge is 2.44. The van der Waals surface area contributed by atoms with Crippen molar-refractivity contribution < 1.29 is 22.7 Å². The number of nitrogens with zero attached hydrogens (tertiary/aromatic N) is 5. The lowest BCUT2D eigenvalue weighted by Gasteiger charge is -2.42. The third-order valence-corrected chi connectivity index (χ3v) is 9.15. The molecule has 1 fully saturated rings. The molecule has 43 heavy (non-hydrogen) atoms. The Hall–Kier alpha value is -4.49. The number of halogens is 3. The minimum Gasteiger partial charge on any atom is -0.379 e. The number of rotatable bonds is 6. The SMILES string of the molecule is Cn1cnnc1CC1(c2cccc(N3Cc4c(cc(CC5Cc6cccc(C#N)c6C5)cc4C(F)(F)F)C3=O)c2)COC1. The van der Waals surface area contributed by atoms with E-state index in [1.165, 1.54) is 11.0 Å². The summed E-state index contributed by atoms with van der Waals surface area (Å²) >= 11 is 0. The van der Waals surface area contributed by atoms with Crippen LogP contribution in [0.2, 0.25) is 0 Å². The van der Waals surface area contributed by atoms with Gasteiger partial charge in [0.25, 0.3) is 5.91 Å². The monoisotopic (exact) mass is 583 g/mol. The minimum absolute atomic E-state index is 0.00824. The molecule has 0 saturated carbocycles. The molecule has 2 aliphatic heterocycles. The van der Waals surface area contributed by atoms with E-state index < -0.39 is 17.6 Å². The quantitative estimate of drug-likeness (QED) is 0.306. The molecule has 1 aliphatic carbocycles. The van der Waals surface area contributed by atoms with Crippen molar-refractivity contribution >= 4 is 11.6 Å². The van der Waals surface area contributed by atoms with E-state index in [-0.39, 0.29) is 29.0 Å². The van der Waals surface area contributed by atoms with Gasteiger partial charge < -0.3 is 14.2 Å². The summed E-state index contributed by atoms with van der Waals surface area (Å²) in [6.45, 7) is 0.792. The van der Waals surface area contributed by atoms with Crippen molar-refractivity contribution in [1.82, 2.24) is 14.8 Å². The Morgan fingerprint density at radius 2 is 1.91 bits per heavy atom. The molecule has 7 nitrogen and oxygen atoms in total. The zero-order valence-corrected chi connectivity index (χ0v) is 23.5. The van der Waals surface area contributed by atoms with Crippen LogP contribution in [0.25, 0.3) is 0 Å². The summed E-state index contributed by atoms with van der Waals surface area (Å²) in [6, 6.07) is 18.1. The van der Waals surface area contributed by atoms with E-state index in [2.05, 4.69) is 16.3 Å². The molecule has 10 heteroatoms. The summed E-state index contributed by atoms with van der Waals surface area (Å²) in [5.74, 6) is 0.422. The van der Waals surface area contributed by atoms with Gasteiger partial charge in [-0.1, -0.05) is 24.3 Å². The van der Waals surface area contributed by atoms with Gasteiger partial charge in [0.2, 0.25) is 0 Å². The molecular formula is C33H28F3N5O2. The smallest absolute Gasteiger partial charge is 0.379 e. The van der Waals surface area contributed by atoms with Crippen LogP contribution in [0.4, 0.5) is 18.9 Å². The zero-order chi connectivity index (χ0) is 29.9. The van der Waals surface area contributed by atoms with Gasteiger partial charge in [-0.05, 0) is 83.3 Å². The Bertz CT molecular complexity index is 1800. The van der Waals surface area contributed by atoms with Gasteiger partial charge in [0.05, 0.1) is 37.0 Å². The van der Waals surface area contributed by atoms with E-state index in [0.29, 0.717) is 55.7 Å². The number of aryl methyl sites for hydroxylation is 1. The molecule has 218 valence electrons. The molecule has 0 N–H and O–H groups in total. The number of fused-ring (bicyclic) bond motifs is 2. The summed E-state index contributed by atoms with van der Waals surface area (Å²) in [7, 11) is 1.88. The van der Waals surface area contributed by atoms with E-state index in [1.807, 2.05) is 41.9 Å². The Labute approximate surface area is 246 Å². The topological polar surface area (TPSA) is 84.0 Å². The molecule has 1 aromatic heterocycles. The van der Waals surface area contributed by atoms with Crippen molar-refractivity contribution in [3.8, 4) is 6.07 Å². The maximum Gasteiger partial charge on any atom is 0.416 e. The number of hydrogen-bond donors (Lipinski definition) is 0. The Kier molecular flexibility index (Phi) is 6.40. The van der Waals surface area contributed by atoms with Crippen LogP contribution in [0.1, 0.15) is 55.1 Å². The average molecular weight is 584 g/mol. The maximum absolute atomic E-state index is 14.4. The van der Waals surface area contributed by atoms with Crippen LogP contribution in [0, 0.1) is 17.2 Å². The Morgan fingerprint density at radius 3 is 2.60 bits per heavy atom. The molecule has 0 radical (unpaired) electrons. The van der Waals surface area contributed by atoms with Crippen LogP contribution >= 0.6 is 0 Å². The number of hydrogen-bond acceptors (Lipinski definition) is 5. The largest absolute Gasteiger partial charge is 0.416 e. The molecule has 3 heterocycles. The number of anilines is 1. The van der Waals surface area contributed by atoms with Gasteiger partial charge in [-0.15, -0.1) is 10.2 Å². The van der Waals surface area contributed by atoms with E-state index in [9.17, 15) is 23.2 Å². The van der Waals surface area contributed by atoms with Gasteiger partial charge in [-0.2, -0.15) is 18.4 Å². The normalized spacial score (nSPS) is 18.7. The molecule has 1 atom stereocenters. The molecule has 1 unspecified atom stereocenters. The third kappa shape index (κ3) is 4.68. The molecule has 1 amide bonds. The predicted molar refractivity (Wildman–Crippen MR) is 151 cm³/mol. The van der Waals surface area contributed by atoms with Crippen molar-refractivity contribution in [2.45, 2.75) is 43.8 Å². The molecular weight excluding hydrogens is 555 g/mol. The van der Waals surface area contributed by atoms with Crippen molar-refractivity contribution in [1.29, 1.82) is 5.26 Å². The fourth-order valence-electron chi connectivity index (χ4n) is 6.86. The molecule has 0 bridgehead atoms. The maximum atomic E-state index is 14.4. The number of carbonyl (C=O) groups excluding carboxylic acids is 1. The second-order valence-electron chi connectivity index (χ2n) is 12.0. The molecule has 4 aromatic rings. The summed E-state index contributed by atoms with van der Waals surface area (Å²) in [4.78, 5) is 15.2. The second-order valence-corrected chi connectivity index (χ2v) is 12.0. The van der Waals surface area contributed by atoms with Gasteiger partial charge >= 0.3 is 6.18 Å². The summed E-state index contributed by atoms with van der Waals surface area (Å²) in [5.41, 5.74) is 3.63. The first-order valence-corrected chi connectivity index (χ1v) is 14.2. The fraction of sp³-hybridized carbons (Fsp3) is 0.333. The van der Waals surface area contributed by atoms with Crippen LogP contribution in [-0.2, 0) is 55.6 Å². The third-order valence-electron chi connectivity index (χ3n) is 9.15. The zero-order valence-electron chi connectivity index (χ0n) is 23.5. The summed E-state index contributed by atoms with van der Waals surface area (Å²) in [6.07, 6.45) is -0.665. The highest BCUT2D eigenvalue weighted by atomic mass is 19.4. The van der Waals surface area contributed by atoms with Gasteiger partial charge in [-0.3, -0.25) is 4.79 Å². The predicted octanol–water partition coefficient (Wildman–Crippen LogP) is 5.33. The summed E-state index contributed by atoms with van der Waals surface area (Å²) in [5, 5.41) is 17.7. The molecule has 3 aromatic carbocycles. The lowest BCUT2D eigenvalue weighted by atomic mass is 9.75. The van der Waals surface area contributed by atoms with Gasteiger partial charge in [0.15, 0.2) is 0 Å². The average Bonchev–Trinajstić information content (AvgIpc) is 3.66. The van der Waals surface area contributed by atoms with Crippen molar-refractivity contribution in [2.75, 3.05) is 18.1 Å². The molecule has 7 rings (SSSR count). The first-order valence-electron chi connectivity index (χ1n) is 14.2. The minimum atomic E-state index is -4.60. The highest BCUT2D eigenvalue weighted by molar-refractivity contribution is 6.10. The van der Waals surface area contributed by atoms with Crippen molar-refractivity contribution in [3.63, 3.8) is 0 Å². The summed E-state index contributed by atoms with van der Waals surface area (Å²) < 4.78 is 50.7. The number of benzene rings is 3. The standard InChI is InChI=1S/C33H28F3N5O2/c1-40-19-38-39-30(40)14-32(17-43-18-32)24-6-3-7-25(13-24)41-16-28-27(31(41)42)11-21(12-29(28)33(34,35)36)8-20-9-22-4-2-5-23(15-37)26(22)10-20/h2-7,11-13,19-20H,8-10,14,16-18H2,1H3. The van der Waals surface area contributed by atoms with Gasteiger partial charge in [0, 0.05) is 30.1 Å². The van der Waals surface area contributed by atoms with E-state index in [0.717, 1.165) is 22.5 Å². The van der Waals surface area contributed by atoms with Crippen LogP contribution in [0.3, 0.4) is 0 Å². The number of alkyl halides is 3. The number of nitriles is 1. The Balaban J connectivity index is 1.18. The lowest BCUT2D eigenvalue weighted by molar-refractivity contribution is -0.138. The second kappa shape index (κ2) is 10.1. The molecule has 0 spiro atoms. The van der Waals surface area contributed by atoms with E-state index in [1.54, 1.807) is 24.5 Å². The number of ether oxygens (including phenoxy) is 1. The highest BCUT2D eigenvalue weighted by Crippen LogP contribution is 2.42. The first kappa shape index (κ1) is 27.3. The van der Waals surface area contributed by atoms with E-state index in [4.69, 9.17) is 4.74 Å². The number of carbonyl (C=O) groups is 1. The molecule has 1 saturated heterocycles. The molecule has 3 aliphatic rings.